The number of hydrogen-bond acceptors (Lipinski definition) is 4. The minimum atomic E-state index is -0.327. The van der Waals surface area contributed by atoms with Gasteiger partial charge in [0.25, 0.3) is 0 Å². The Labute approximate surface area is 98.1 Å². The fourth-order valence-corrected chi connectivity index (χ4v) is 1.53. The van der Waals surface area contributed by atoms with Crippen LogP contribution < -0.4 is 0 Å². The van der Waals surface area contributed by atoms with Crippen molar-refractivity contribution in [3.05, 3.63) is 35.5 Å². The molecule has 0 saturated carbocycles. The van der Waals surface area contributed by atoms with Gasteiger partial charge in [0.05, 0.1) is 0 Å². The van der Waals surface area contributed by atoms with Gasteiger partial charge in [-0.05, 0) is 31.0 Å². The molecule has 5 heteroatoms. The Bertz CT molecular complexity index is 511. The van der Waals surface area contributed by atoms with Gasteiger partial charge in [0, 0.05) is 18.6 Å². The van der Waals surface area contributed by atoms with Crippen LogP contribution >= 0.6 is 0 Å². The molecule has 2 rings (SSSR count). The van der Waals surface area contributed by atoms with Crippen LogP contribution in [-0.4, -0.2) is 21.9 Å². The molecular weight excluding hydrogens is 223 g/mol. The summed E-state index contributed by atoms with van der Waals surface area (Å²) in [5.74, 6) is 0.514. The van der Waals surface area contributed by atoms with E-state index in [1.807, 2.05) is 6.92 Å². The fraction of sp³-hybridized carbons (Fsp3) is 0.333. The van der Waals surface area contributed by atoms with Crippen molar-refractivity contribution in [1.82, 2.24) is 10.1 Å². The van der Waals surface area contributed by atoms with Gasteiger partial charge in [0.1, 0.15) is 5.82 Å². The molecule has 1 N–H and O–H groups in total. The molecule has 1 aromatic heterocycles. The van der Waals surface area contributed by atoms with Crippen molar-refractivity contribution in [1.29, 1.82) is 0 Å². The van der Waals surface area contributed by atoms with Crippen LogP contribution in [0.25, 0.3) is 11.4 Å². The Kier molecular flexibility index (Phi) is 3.49. The van der Waals surface area contributed by atoms with Crippen molar-refractivity contribution in [2.24, 2.45) is 0 Å². The zero-order valence-corrected chi connectivity index (χ0v) is 9.48. The second kappa shape index (κ2) is 5.05. The van der Waals surface area contributed by atoms with Gasteiger partial charge >= 0.3 is 0 Å². The van der Waals surface area contributed by atoms with E-state index in [2.05, 4.69) is 10.1 Å². The van der Waals surface area contributed by atoms with Gasteiger partial charge < -0.3 is 9.63 Å². The first-order valence-electron chi connectivity index (χ1n) is 5.40. The first kappa shape index (κ1) is 11.7. The first-order valence-corrected chi connectivity index (χ1v) is 5.40. The van der Waals surface area contributed by atoms with Crippen LogP contribution in [0.2, 0.25) is 0 Å². The highest BCUT2D eigenvalue weighted by Crippen LogP contribution is 2.21. The van der Waals surface area contributed by atoms with Crippen LogP contribution in [0.4, 0.5) is 4.39 Å². The average molecular weight is 236 g/mol. The minimum Gasteiger partial charge on any atom is -0.396 e. The highest BCUT2D eigenvalue weighted by atomic mass is 19.1. The van der Waals surface area contributed by atoms with E-state index in [9.17, 15) is 4.39 Å². The highest BCUT2D eigenvalue weighted by Gasteiger charge is 2.11. The average Bonchev–Trinajstić information content (AvgIpc) is 2.78. The summed E-state index contributed by atoms with van der Waals surface area (Å²) in [5.41, 5.74) is 1.52. The molecule has 0 radical (unpaired) electrons. The lowest BCUT2D eigenvalue weighted by Gasteiger charge is -1.99. The van der Waals surface area contributed by atoms with Gasteiger partial charge in [0.2, 0.25) is 11.7 Å². The molecule has 1 aromatic carbocycles. The SMILES string of the molecule is Cc1ccc(F)cc1-c1noc(CCCO)n1. The molecule has 0 aliphatic rings. The van der Waals surface area contributed by atoms with Crippen LogP contribution in [0.15, 0.2) is 22.7 Å². The van der Waals surface area contributed by atoms with E-state index in [0.717, 1.165) is 5.56 Å². The molecule has 0 atom stereocenters. The summed E-state index contributed by atoms with van der Waals surface area (Å²) in [6.45, 7) is 1.94. The maximum Gasteiger partial charge on any atom is 0.227 e. The monoisotopic (exact) mass is 236 g/mol. The molecule has 0 fully saturated rings. The smallest absolute Gasteiger partial charge is 0.227 e. The maximum absolute atomic E-state index is 13.1. The summed E-state index contributed by atoms with van der Waals surface area (Å²) < 4.78 is 18.1. The van der Waals surface area contributed by atoms with E-state index in [0.29, 0.717) is 30.1 Å². The standard InChI is InChI=1S/C12H13FN2O2/c1-8-4-5-9(13)7-10(8)12-14-11(17-15-12)3-2-6-16/h4-5,7,16H,2-3,6H2,1H3. The van der Waals surface area contributed by atoms with Crippen molar-refractivity contribution in [3.63, 3.8) is 0 Å². The van der Waals surface area contributed by atoms with Gasteiger partial charge in [-0.1, -0.05) is 11.2 Å². The topological polar surface area (TPSA) is 59.2 Å². The summed E-state index contributed by atoms with van der Waals surface area (Å²) in [6.07, 6.45) is 1.10. The Morgan fingerprint density at radius 3 is 3.00 bits per heavy atom. The van der Waals surface area contributed by atoms with Crippen LogP contribution in [0.3, 0.4) is 0 Å². The molecule has 1 heterocycles. The number of aromatic nitrogens is 2. The zero-order chi connectivity index (χ0) is 12.3. The summed E-state index contributed by atoms with van der Waals surface area (Å²) in [5, 5.41) is 12.5. The number of halogens is 1. The molecular formula is C12H13FN2O2. The van der Waals surface area contributed by atoms with Crippen LogP contribution in [0.1, 0.15) is 17.9 Å². The number of aliphatic hydroxyl groups excluding tert-OH is 1. The van der Waals surface area contributed by atoms with E-state index in [1.54, 1.807) is 6.07 Å². The van der Waals surface area contributed by atoms with Crippen LogP contribution in [-0.2, 0) is 6.42 Å². The van der Waals surface area contributed by atoms with Crippen molar-refractivity contribution in [2.75, 3.05) is 6.61 Å². The van der Waals surface area contributed by atoms with Gasteiger partial charge in [-0.25, -0.2) is 4.39 Å². The van der Waals surface area contributed by atoms with Gasteiger partial charge in [0.15, 0.2) is 0 Å². The van der Waals surface area contributed by atoms with Crippen LogP contribution in [0, 0.1) is 12.7 Å². The van der Waals surface area contributed by atoms with E-state index in [-0.39, 0.29) is 12.4 Å². The van der Waals surface area contributed by atoms with Gasteiger partial charge in [-0.3, -0.25) is 0 Å². The minimum absolute atomic E-state index is 0.0801. The predicted molar refractivity (Wildman–Crippen MR) is 59.8 cm³/mol. The summed E-state index contributed by atoms with van der Waals surface area (Å²) in [4.78, 5) is 4.16. The lowest BCUT2D eigenvalue weighted by atomic mass is 10.1. The Morgan fingerprint density at radius 2 is 2.24 bits per heavy atom. The molecule has 17 heavy (non-hydrogen) atoms. The second-order valence-corrected chi connectivity index (χ2v) is 3.80. The lowest BCUT2D eigenvalue weighted by molar-refractivity contribution is 0.278. The summed E-state index contributed by atoms with van der Waals surface area (Å²) >= 11 is 0. The predicted octanol–water partition coefficient (Wildman–Crippen LogP) is 2.11. The molecule has 0 aliphatic carbocycles. The van der Waals surface area contributed by atoms with E-state index >= 15 is 0 Å². The molecule has 0 aliphatic heterocycles. The van der Waals surface area contributed by atoms with Crippen LogP contribution in [0.5, 0.6) is 0 Å². The van der Waals surface area contributed by atoms with E-state index in [1.165, 1.54) is 12.1 Å². The first-order chi connectivity index (χ1) is 8.20. The largest absolute Gasteiger partial charge is 0.396 e. The lowest BCUT2D eigenvalue weighted by Crippen LogP contribution is -1.90. The third kappa shape index (κ3) is 2.68. The molecule has 0 amide bonds. The van der Waals surface area contributed by atoms with Gasteiger partial charge in [-0.15, -0.1) is 0 Å². The zero-order valence-electron chi connectivity index (χ0n) is 9.48. The summed E-state index contributed by atoms with van der Waals surface area (Å²) in [7, 11) is 0. The number of aliphatic hydroxyl groups is 1. The van der Waals surface area contributed by atoms with E-state index < -0.39 is 0 Å². The van der Waals surface area contributed by atoms with Gasteiger partial charge in [-0.2, -0.15) is 4.98 Å². The van der Waals surface area contributed by atoms with Crippen molar-refractivity contribution >= 4 is 0 Å². The Hall–Kier alpha value is -1.75. The maximum atomic E-state index is 13.1. The Balaban J connectivity index is 2.27. The highest BCUT2D eigenvalue weighted by molar-refractivity contribution is 5.59. The van der Waals surface area contributed by atoms with Crippen molar-refractivity contribution in [3.8, 4) is 11.4 Å². The number of aryl methyl sites for hydroxylation is 2. The second-order valence-electron chi connectivity index (χ2n) is 3.80. The summed E-state index contributed by atoms with van der Waals surface area (Å²) in [6, 6.07) is 4.45. The van der Waals surface area contributed by atoms with E-state index in [4.69, 9.17) is 9.63 Å². The third-order valence-corrected chi connectivity index (χ3v) is 2.46. The number of hydrogen-bond donors (Lipinski definition) is 1. The fourth-order valence-electron chi connectivity index (χ4n) is 1.53. The number of nitrogens with zero attached hydrogens (tertiary/aromatic N) is 2. The molecule has 0 saturated heterocycles. The quantitative estimate of drug-likeness (QED) is 0.883. The molecule has 2 aromatic rings. The molecule has 4 nitrogen and oxygen atoms in total. The normalized spacial score (nSPS) is 10.8. The Morgan fingerprint density at radius 1 is 1.41 bits per heavy atom. The van der Waals surface area contributed by atoms with Crippen molar-refractivity contribution in [2.45, 2.75) is 19.8 Å². The number of benzene rings is 1. The molecule has 0 bridgehead atoms. The molecule has 90 valence electrons. The third-order valence-electron chi connectivity index (χ3n) is 2.46. The number of rotatable bonds is 4. The molecule has 0 unspecified atom stereocenters. The van der Waals surface area contributed by atoms with Crippen molar-refractivity contribution < 1.29 is 14.0 Å². The molecule has 0 spiro atoms.